The van der Waals surface area contributed by atoms with Crippen LogP contribution in [0.3, 0.4) is 0 Å². The van der Waals surface area contributed by atoms with E-state index >= 15 is 0 Å². The van der Waals surface area contributed by atoms with Crippen molar-refractivity contribution in [2.24, 2.45) is 0 Å². The van der Waals surface area contributed by atoms with E-state index in [1.807, 2.05) is 37.3 Å². The molecule has 0 radical (unpaired) electrons. The maximum Gasteiger partial charge on any atom is 0.126 e. The molecule has 4 nitrogen and oxygen atoms in total. The van der Waals surface area contributed by atoms with Crippen LogP contribution in [0.4, 0.5) is 0 Å². The van der Waals surface area contributed by atoms with E-state index in [4.69, 9.17) is 0 Å². The molecule has 4 heteroatoms. The monoisotopic (exact) mass is 210 g/mol. The summed E-state index contributed by atoms with van der Waals surface area (Å²) in [5, 5.41) is 7.22. The van der Waals surface area contributed by atoms with Gasteiger partial charge in [-0.25, -0.2) is 9.97 Å². The third kappa shape index (κ3) is 1.35. The van der Waals surface area contributed by atoms with Crippen molar-refractivity contribution in [2.45, 2.75) is 6.92 Å². The maximum absolute atomic E-state index is 4.41. The topological polar surface area (TPSA) is 54.5 Å². The zero-order valence-corrected chi connectivity index (χ0v) is 8.81. The molecule has 3 aromatic rings. The summed E-state index contributed by atoms with van der Waals surface area (Å²) < 4.78 is 0. The van der Waals surface area contributed by atoms with Gasteiger partial charge in [0.15, 0.2) is 0 Å². The van der Waals surface area contributed by atoms with Gasteiger partial charge in [0.05, 0.1) is 6.20 Å². The molecular formula is C12H10N4. The first-order chi connectivity index (χ1) is 7.84. The lowest BCUT2D eigenvalue weighted by atomic mass is 10.1. The van der Waals surface area contributed by atoms with Gasteiger partial charge in [0.25, 0.3) is 0 Å². The molecule has 0 unspecified atom stereocenters. The fraction of sp³-hybridized carbons (Fsp3) is 0.0833. The molecule has 2 aromatic heterocycles. The lowest BCUT2D eigenvalue weighted by Gasteiger charge is -1.96. The largest absolute Gasteiger partial charge is 0.274 e. The van der Waals surface area contributed by atoms with Crippen LogP contribution in [0.25, 0.3) is 22.3 Å². The number of nitrogens with zero attached hydrogens (tertiary/aromatic N) is 3. The molecule has 0 aliphatic heterocycles. The number of aromatic amines is 1. The number of hydrogen-bond donors (Lipinski definition) is 1. The standard InChI is InChI=1S/C12H10N4/c1-8-13-7-10-12(14-8)11(16-15-10)9-5-3-2-4-6-9/h2-7H,1H3,(H,15,16). The highest BCUT2D eigenvalue weighted by molar-refractivity contribution is 5.88. The molecule has 1 N–H and O–H groups in total. The first-order valence-corrected chi connectivity index (χ1v) is 5.08. The Morgan fingerprint density at radius 2 is 1.94 bits per heavy atom. The third-order valence-electron chi connectivity index (χ3n) is 2.47. The highest BCUT2D eigenvalue weighted by Gasteiger charge is 2.09. The van der Waals surface area contributed by atoms with Crippen molar-refractivity contribution in [3.05, 3.63) is 42.4 Å². The van der Waals surface area contributed by atoms with Gasteiger partial charge in [0.2, 0.25) is 0 Å². The smallest absolute Gasteiger partial charge is 0.126 e. The van der Waals surface area contributed by atoms with Crippen LogP contribution in [-0.4, -0.2) is 20.2 Å². The minimum Gasteiger partial charge on any atom is -0.274 e. The van der Waals surface area contributed by atoms with Gasteiger partial charge >= 0.3 is 0 Å². The summed E-state index contributed by atoms with van der Waals surface area (Å²) in [6, 6.07) is 10.0. The minimum atomic E-state index is 0.756. The van der Waals surface area contributed by atoms with Crippen LogP contribution in [0, 0.1) is 6.92 Å². The molecule has 78 valence electrons. The third-order valence-corrected chi connectivity index (χ3v) is 2.47. The predicted molar refractivity (Wildman–Crippen MR) is 61.9 cm³/mol. The summed E-state index contributed by atoms with van der Waals surface area (Å²) in [6.45, 7) is 1.88. The van der Waals surface area contributed by atoms with Gasteiger partial charge in [0.1, 0.15) is 22.6 Å². The van der Waals surface area contributed by atoms with Crippen LogP contribution in [-0.2, 0) is 0 Å². The molecule has 16 heavy (non-hydrogen) atoms. The summed E-state index contributed by atoms with van der Waals surface area (Å²) in [6.07, 6.45) is 1.76. The second-order valence-corrected chi connectivity index (χ2v) is 3.62. The second-order valence-electron chi connectivity index (χ2n) is 3.62. The normalized spacial score (nSPS) is 10.8. The zero-order chi connectivity index (χ0) is 11.0. The SMILES string of the molecule is Cc1ncc2[nH]nc(-c3ccccc3)c2n1. The van der Waals surface area contributed by atoms with Gasteiger partial charge < -0.3 is 0 Å². The molecule has 2 heterocycles. The number of fused-ring (bicyclic) bond motifs is 1. The second kappa shape index (κ2) is 3.41. The lowest BCUT2D eigenvalue weighted by molar-refractivity contribution is 1.08. The van der Waals surface area contributed by atoms with E-state index < -0.39 is 0 Å². The van der Waals surface area contributed by atoms with E-state index in [1.54, 1.807) is 6.20 Å². The van der Waals surface area contributed by atoms with Crippen LogP contribution in [0.1, 0.15) is 5.82 Å². The summed E-state index contributed by atoms with van der Waals surface area (Å²) in [7, 11) is 0. The van der Waals surface area contributed by atoms with E-state index in [0.717, 1.165) is 28.1 Å². The summed E-state index contributed by atoms with van der Waals surface area (Å²) >= 11 is 0. The number of nitrogens with one attached hydrogen (secondary N) is 1. The Hall–Kier alpha value is -2.23. The molecule has 0 saturated heterocycles. The van der Waals surface area contributed by atoms with Crippen LogP contribution < -0.4 is 0 Å². The lowest BCUT2D eigenvalue weighted by Crippen LogP contribution is -1.87. The number of hydrogen-bond acceptors (Lipinski definition) is 3. The van der Waals surface area contributed by atoms with Crippen LogP contribution in [0.2, 0.25) is 0 Å². The van der Waals surface area contributed by atoms with Gasteiger partial charge in [-0.2, -0.15) is 5.10 Å². The molecule has 0 saturated carbocycles. The highest BCUT2D eigenvalue weighted by atomic mass is 15.1. The van der Waals surface area contributed by atoms with Crippen LogP contribution in [0.5, 0.6) is 0 Å². The van der Waals surface area contributed by atoms with Gasteiger partial charge in [-0.1, -0.05) is 30.3 Å². The molecule has 1 aromatic carbocycles. The average Bonchev–Trinajstić information content (AvgIpc) is 2.73. The summed E-state index contributed by atoms with van der Waals surface area (Å²) in [5.41, 5.74) is 3.68. The number of benzene rings is 1. The van der Waals surface area contributed by atoms with Crippen molar-refractivity contribution < 1.29 is 0 Å². The van der Waals surface area contributed by atoms with Gasteiger partial charge in [-0.3, -0.25) is 5.10 Å². The van der Waals surface area contributed by atoms with E-state index in [2.05, 4.69) is 20.2 Å². The first-order valence-electron chi connectivity index (χ1n) is 5.08. The number of aryl methyl sites for hydroxylation is 1. The Labute approximate surface area is 92.4 Å². The Kier molecular flexibility index (Phi) is 1.93. The van der Waals surface area contributed by atoms with Crippen molar-refractivity contribution in [3.63, 3.8) is 0 Å². The molecule has 3 rings (SSSR count). The summed E-state index contributed by atoms with van der Waals surface area (Å²) in [5.74, 6) is 0.756. The van der Waals surface area contributed by atoms with Crippen molar-refractivity contribution in [1.82, 2.24) is 20.2 Å². The fourth-order valence-electron chi connectivity index (χ4n) is 1.70. The molecule has 0 amide bonds. The highest BCUT2D eigenvalue weighted by Crippen LogP contribution is 2.23. The minimum absolute atomic E-state index is 0.756. The van der Waals surface area contributed by atoms with Crippen LogP contribution >= 0.6 is 0 Å². The summed E-state index contributed by atoms with van der Waals surface area (Å²) in [4.78, 5) is 8.54. The number of rotatable bonds is 1. The van der Waals surface area contributed by atoms with E-state index in [9.17, 15) is 0 Å². The Morgan fingerprint density at radius 3 is 2.75 bits per heavy atom. The van der Waals surface area contributed by atoms with Gasteiger partial charge in [-0.05, 0) is 6.92 Å². The van der Waals surface area contributed by atoms with Crippen molar-refractivity contribution in [2.75, 3.05) is 0 Å². The van der Waals surface area contributed by atoms with E-state index in [1.165, 1.54) is 0 Å². The van der Waals surface area contributed by atoms with E-state index in [0.29, 0.717) is 0 Å². The molecule has 0 bridgehead atoms. The molecule has 0 aliphatic rings. The Morgan fingerprint density at radius 1 is 1.12 bits per heavy atom. The molecule has 0 fully saturated rings. The van der Waals surface area contributed by atoms with Crippen molar-refractivity contribution >= 4 is 11.0 Å². The van der Waals surface area contributed by atoms with Gasteiger partial charge in [-0.15, -0.1) is 0 Å². The predicted octanol–water partition coefficient (Wildman–Crippen LogP) is 2.33. The zero-order valence-electron chi connectivity index (χ0n) is 8.81. The van der Waals surface area contributed by atoms with Gasteiger partial charge in [0, 0.05) is 5.56 Å². The Bertz CT molecular complexity index is 628. The fourth-order valence-corrected chi connectivity index (χ4v) is 1.70. The average molecular weight is 210 g/mol. The Balaban J connectivity index is 2.29. The van der Waals surface area contributed by atoms with Crippen molar-refractivity contribution in [3.8, 4) is 11.3 Å². The number of H-pyrrole nitrogens is 1. The maximum atomic E-state index is 4.41. The molecule has 0 atom stereocenters. The number of aromatic nitrogens is 4. The molecular weight excluding hydrogens is 200 g/mol. The molecule has 0 aliphatic carbocycles. The first kappa shape index (κ1) is 9.03. The van der Waals surface area contributed by atoms with E-state index in [-0.39, 0.29) is 0 Å². The molecule has 0 spiro atoms. The quantitative estimate of drug-likeness (QED) is 0.670. The van der Waals surface area contributed by atoms with Crippen molar-refractivity contribution in [1.29, 1.82) is 0 Å². The van der Waals surface area contributed by atoms with Crippen LogP contribution in [0.15, 0.2) is 36.5 Å².